The smallest absolute Gasteiger partial charge is 0.227 e. The van der Waals surface area contributed by atoms with Crippen molar-refractivity contribution in [3.63, 3.8) is 0 Å². The van der Waals surface area contributed by atoms with Gasteiger partial charge in [0.25, 0.3) is 0 Å². The lowest BCUT2D eigenvalue weighted by atomic mass is 10.2. The minimum absolute atomic E-state index is 0.426. The number of anilines is 2. The molecule has 7 heteroatoms. The molecule has 4 nitrogen and oxygen atoms in total. The second-order valence-corrected chi connectivity index (χ2v) is 6.63. The van der Waals surface area contributed by atoms with Crippen LogP contribution in [-0.2, 0) is 16.6 Å². The third kappa shape index (κ3) is 4.26. The normalized spacial score (nSPS) is 12.2. The zero-order valence-corrected chi connectivity index (χ0v) is 13.2. The maximum Gasteiger partial charge on any atom is 0.227 e. The summed E-state index contributed by atoms with van der Waals surface area (Å²) in [5, 5.41) is 3.68. The predicted molar refractivity (Wildman–Crippen MR) is 82.2 cm³/mol. The van der Waals surface area contributed by atoms with Crippen LogP contribution >= 0.6 is 27.5 Å². The first kappa shape index (κ1) is 14.4. The summed E-state index contributed by atoms with van der Waals surface area (Å²) < 4.78 is 12.1. The van der Waals surface area contributed by atoms with Gasteiger partial charge < -0.3 is 5.32 Å². The number of hydrogen-bond acceptors (Lipinski definition) is 4. The van der Waals surface area contributed by atoms with Gasteiger partial charge in [-0.2, -0.15) is 0 Å². The van der Waals surface area contributed by atoms with E-state index in [-0.39, 0.29) is 0 Å². The lowest BCUT2D eigenvalue weighted by Crippen LogP contribution is -1.99. The highest BCUT2D eigenvalue weighted by atomic mass is 79.9. The van der Waals surface area contributed by atoms with Crippen molar-refractivity contribution < 1.29 is 4.21 Å². The Morgan fingerprint density at radius 2 is 2.05 bits per heavy atom. The van der Waals surface area contributed by atoms with Gasteiger partial charge >= 0.3 is 0 Å². The highest BCUT2D eigenvalue weighted by molar-refractivity contribution is 9.10. The molecule has 0 amide bonds. The average molecular weight is 361 g/mol. The molecule has 0 saturated carbocycles. The van der Waals surface area contributed by atoms with Crippen LogP contribution in [0.25, 0.3) is 0 Å². The monoisotopic (exact) mass is 359 g/mol. The fraction of sp³-hybridized carbons (Fsp3) is 0.167. The van der Waals surface area contributed by atoms with Crippen LogP contribution in [0.3, 0.4) is 0 Å². The van der Waals surface area contributed by atoms with Crippen LogP contribution in [0.15, 0.2) is 35.1 Å². The molecule has 0 aliphatic carbocycles. The topological polar surface area (TPSA) is 54.9 Å². The molecule has 0 aliphatic heterocycles. The second kappa shape index (κ2) is 6.45. The van der Waals surface area contributed by atoms with Gasteiger partial charge in [-0.15, -0.1) is 0 Å². The largest absolute Gasteiger partial charge is 0.324 e. The molecule has 1 unspecified atom stereocenters. The standard InChI is InChI=1S/C12H11BrClN3OS/c1-19(18)7-8-4-10(2-3-11(8)14)17-12-15-5-9(13)6-16-12/h2-6H,7H2,1H3,(H,15,16,17). The van der Waals surface area contributed by atoms with Crippen LogP contribution in [0.2, 0.25) is 5.02 Å². The number of aromatic nitrogens is 2. The minimum atomic E-state index is -0.934. The van der Waals surface area contributed by atoms with E-state index in [0.29, 0.717) is 16.7 Å². The van der Waals surface area contributed by atoms with Gasteiger partial charge in [-0.1, -0.05) is 11.6 Å². The molecule has 1 N–H and O–H groups in total. The number of nitrogens with zero attached hydrogens (tertiary/aromatic N) is 2. The van der Waals surface area contributed by atoms with Crippen LogP contribution in [0.1, 0.15) is 5.56 Å². The highest BCUT2D eigenvalue weighted by Crippen LogP contribution is 2.23. The lowest BCUT2D eigenvalue weighted by Gasteiger charge is -2.08. The molecule has 0 fully saturated rings. The molecule has 0 aliphatic rings. The Bertz CT molecular complexity index is 606. The second-order valence-electron chi connectivity index (χ2n) is 3.87. The van der Waals surface area contributed by atoms with Crippen molar-refractivity contribution in [3.8, 4) is 0 Å². The van der Waals surface area contributed by atoms with E-state index in [4.69, 9.17) is 11.6 Å². The van der Waals surface area contributed by atoms with Crippen LogP contribution < -0.4 is 5.32 Å². The predicted octanol–water partition coefficient (Wildman–Crippen LogP) is 3.51. The van der Waals surface area contributed by atoms with Crippen LogP contribution in [0.5, 0.6) is 0 Å². The summed E-state index contributed by atoms with van der Waals surface area (Å²) in [6.07, 6.45) is 4.97. The van der Waals surface area contributed by atoms with Crippen molar-refractivity contribution in [2.45, 2.75) is 5.75 Å². The summed E-state index contributed by atoms with van der Waals surface area (Å²) in [4.78, 5) is 8.25. The van der Waals surface area contributed by atoms with Gasteiger partial charge in [0.2, 0.25) is 5.95 Å². The molecule has 1 heterocycles. The summed E-state index contributed by atoms with van der Waals surface area (Å²) in [5.74, 6) is 0.921. The first-order valence-corrected chi connectivity index (χ1v) is 8.27. The molecular formula is C12H11BrClN3OS. The average Bonchev–Trinajstić information content (AvgIpc) is 2.36. The summed E-state index contributed by atoms with van der Waals surface area (Å²) in [6.45, 7) is 0. The molecule has 2 aromatic rings. The number of nitrogens with one attached hydrogen (secondary N) is 1. The number of rotatable bonds is 4. The first-order valence-electron chi connectivity index (χ1n) is 5.37. The fourth-order valence-electron chi connectivity index (χ4n) is 1.49. The summed E-state index contributed by atoms with van der Waals surface area (Å²) in [5.41, 5.74) is 1.65. The van der Waals surface area contributed by atoms with E-state index in [1.54, 1.807) is 24.7 Å². The number of benzene rings is 1. The van der Waals surface area contributed by atoms with Gasteiger partial charge in [0.1, 0.15) is 0 Å². The van der Waals surface area contributed by atoms with E-state index < -0.39 is 10.8 Å². The van der Waals surface area contributed by atoms with Crippen LogP contribution in [0, 0.1) is 0 Å². The van der Waals surface area contributed by atoms with Gasteiger partial charge in [0.05, 0.1) is 4.47 Å². The minimum Gasteiger partial charge on any atom is -0.324 e. The highest BCUT2D eigenvalue weighted by Gasteiger charge is 2.05. The Balaban J connectivity index is 2.21. The summed E-state index contributed by atoms with van der Waals surface area (Å²) in [7, 11) is -0.934. The fourth-order valence-corrected chi connectivity index (χ4v) is 2.63. The van der Waals surface area contributed by atoms with Crippen molar-refractivity contribution in [3.05, 3.63) is 45.7 Å². The lowest BCUT2D eigenvalue weighted by molar-refractivity contribution is 0.686. The van der Waals surface area contributed by atoms with Crippen molar-refractivity contribution in [1.29, 1.82) is 0 Å². The maximum absolute atomic E-state index is 11.3. The van der Waals surface area contributed by atoms with Crippen molar-refractivity contribution >= 4 is 50.0 Å². The van der Waals surface area contributed by atoms with Crippen LogP contribution in [-0.4, -0.2) is 20.4 Å². The molecule has 1 aromatic heterocycles. The van der Waals surface area contributed by atoms with Gasteiger partial charge in [-0.3, -0.25) is 4.21 Å². The van der Waals surface area contributed by atoms with Crippen molar-refractivity contribution in [1.82, 2.24) is 9.97 Å². The summed E-state index contributed by atoms with van der Waals surface area (Å²) >= 11 is 9.34. The molecule has 19 heavy (non-hydrogen) atoms. The zero-order chi connectivity index (χ0) is 13.8. The molecule has 0 radical (unpaired) electrons. The Labute approximate surface area is 127 Å². The third-order valence-corrected chi connectivity index (χ3v) is 3.78. The zero-order valence-electron chi connectivity index (χ0n) is 10.1. The number of halogens is 2. The van der Waals surface area contributed by atoms with E-state index >= 15 is 0 Å². The Morgan fingerprint density at radius 1 is 1.37 bits per heavy atom. The van der Waals surface area contributed by atoms with Gasteiger partial charge in [-0.05, 0) is 39.7 Å². The first-order chi connectivity index (χ1) is 9.04. The Kier molecular flexibility index (Phi) is 4.90. The maximum atomic E-state index is 11.3. The Hall–Kier alpha value is -0.980. The van der Waals surface area contributed by atoms with E-state index in [9.17, 15) is 4.21 Å². The van der Waals surface area contributed by atoms with E-state index in [1.807, 2.05) is 12.1 Å². The molecule has 0 spiro atoms. The van der Waals surface area contributed by atoms with E-state index in [0.717, 1.165) is 15.7 Å². The van der Waals surface area contributed by atoms with E-state index in [1.165, 1.54) is 0 Å². The summed E-state index contributed by atoms with van der Waals surface area (Å²) in [6, 6.07) is 5.45. The Morgan fingerprint density at radius 3 is 2.68 bits per heavy atom. The van der Waals surface area contributed by atoms with Crippen LogP contribution in [0.4, 0.5) is 11.6 Å². The van der Waals surface area contributed by atoms with Gasteiger partial charge in [0.15, 0.2) is 0 Å². The van der Waals surface area contributed by atoms with Crippen molar-refractivity contribution in [2.24, 2.45) is 0 Å². The molecule has 100 valence electrons. The molecule has 2 rings (SSSR count). The molecule has 1 aromatic carbocycles. The van der Waals surface area contributed by atoms with E-state index in [2.05, 4.69) is 31.2 Å². The molecular weight excluding hydrogens is 350 g/mol. The SMILES string of the molecule is CS(=O)Cc1cc(Nc2ncc(Br)cn2)ccc1Cl. The van der Waals surface area contributed by atoms with Crippen molar-refractivity contribution in [2.75, 3.05) is 11.6 Å². The quantitative estimate of drug-likeness (QED) is 0.906. The molecule has 0 saturated heterocycles. The third-order valence-electron chi connectivity index (χ3n) is 2.28. The van der Waals surface area contributed by atoms with Gasteiger partial charge in [-0.25, -0.2) is 9.97 Å². The molecule has 0 bridgehead atoms. The number of hydrogen-bond donors (Lipinski definition) is 1. The molecule has 1 atom stereocenters. The van der Waals surface area contributed by atoms with Gasteiger partial charge in [0, 0.05) is 45.9 Å².